The maximum atomic E-state index is 6.84. The van der Waals surface area contributed by atoms with Crippen LogP contribution in [0.25, 0.3) is 82.5 Å². The molecule has 0 unspecified atom stereocenters. The van der Waals surface area contributed by atoms with Crippen LogP contribution in [0, 0.1) is 0 Å². The molecule has 1 aliphatic carbocycles. The molecule has 0 amide bonds. The van der Waals surface area contributed by atoms with E-state index >= 15 is 0 Å². The molecular weight excluding hydrogens is 733 g/mol. The fourth-order valence-electron chi connectivity index (χ4n) is 10.4. The van der Waals surface area contributed by atoms with Gasteiger partial charge in [-0.15, -0.1) is 0 Å². The number of aromatic nitrogens is 1. The number of anilines is 3. The molecule has 9 aromatic carbocycles. The highest BCUT2D eigenvalue weighted by atomic mass is 16.3. The highest BCUT2D eigenvalue weighted by Crippen LogP contribution is 2.56. The summed E-state index contributed by atoms with van der Waals surface area (Å²) in [5.74, 6) is 0. The molecule has 4 heteroatoms. The van der Waals surface area contributed by atoms with Crippen molar-refractivity contribution in [3.05, 3.63) is 217 Å². The van der Waals surface area contributed by atoms with Crippen molar-refractivity contribution < 1.29 is 8.83 Å². The van der Waals surface area contributed by atoms with Crippen LogP contribution in [0.1, 0.15) is 23.6 Å². The molecule has 0 N–H and O–H groups in total. The van der Waals surface area contributed by atoms with Gasteiger partial charge in [-0.1, -0.05) is 133 Å². The van der Waals surface area contributed by atoms with Gasteiger partial charge in [-0.25, -0.2) is 0 Å². The molecule has 1 aliphatic rings. The monoisotopic (exact) mass is 768 g/mol. The summed E-state index contributed by atoms with van der Waals surface area (Å²) in [5, 5.41) is 6.78. The summed E-state index contributed by atoms with van der Waals surface area (Å²) in [6.07, 6.45) is 0. The first kappa shape index (κ1) is 33.2. The van der Waals surface area contributed by atoms with Crippen molar-refractivity contribution in [2.75, 3.05) is 4.90 Å². The van der Waals surface area contributed by atoms with Gasteiger partial charge in [-0.2, -0.15) is 0 Å². The molecule has 60 heavy (non-hydrogen) atoms. The number of furan rings is 2. The number of nitrogens with zero attached hydrogens (tertiary/aromatic N) is 2. The fraction of sp³-hybridized carbons (Fsp3) is 0.0357. The fourth-order valence-corrected chi connectivity index (χ4v) is 10.4. The summed E-state index contributed by atoms with van der Waals surface area (Å²) in [6, 6.07) is 72.2. The molecule has 0 spiro atoms. The van der Waals surface area contributed by atoms with Crippen LogP contribution in [0.2, 0.25) is 0 Å². The van der Waals surface area contributed by atoms with Crippen LogP contribution in [0.4, 0.5) is 17.1 Å². The second-order valence-corrected chi connectivity index (χ2v) is 16.2. The first-order valence-corrected chi connectivity index (χ1v) is 20.6. The number of hydrogen-bond donors (Lipinski definition) is 0. The zero-order valence-electron chi connectivity index (χ0n) is 32.8. The van der Waals surface area contributed by atoms with Crippen LogP contribution >= 0.6 is 0 Å². The van der Waals surface area contributed by atoms with Gasteiger partial charge in [0.05, 0.1) is 22.4 Å². The SMILES string of the molecule is CC1(c2ccccc2N(c2ccc3c(c2)c2ccccc2n3-c2ccc3oc4ccccc4c3c2)c2cccc3c2oc2ccccc23)c2ccccc2-c2ccccc21. The van der Waals surface area contributed by atoms with Gasteiger partial charge in [0.15, 0.2) is 5.58 Å². The van der Waals surface area contributed by atoms with E-state index in [4.69, 9.17) is 8.83 Å². The standard InChI is InChI=1S/C56H36N2O2/c1-56(45-21-7-2-15-37(45)38-16-3-8-22-46(38)56)47-23-9-11-25-50(47)58(51-26-14-20-42-40-18-5-13-28-53(40)60-55(42)51)35-29-31-49-43(33-35)39-17-4-10-24-48(39)57(49)36-30-32-54-44(34-36)41-19-6-12-27-52(41)59-54/h2-34H,1H3. The highest BCUT2D eigenvalue weighted by molar-refractivity contribution is 6.14. The van der Waals surface area contributed by atoms with Gasteiger partial charge in [-0.3, -0.25) is 0 Å². The van der Waals surface area contributed by atoms with Crippen LogP contribution < -0.4 is 4.90 Å². The molecule has 12 aromatic rings. The second-order valence-electron chi connectivity index (χ2n) is 16.2. The normalized spacial score (nSPS) is 13.2. The lowest BCUT2D eigenvalue weighted by Gasteiger charge is -2.35. The zero-order valence-corrected chi connectivity index (χ0v) is 32.8. The summed E-state index contributed by atoms with van der Waals surface area (Å²) in [4.78, 5) is 2.43. The Balaban J connectivity index is 1.09. The summed E-state index contributed by atoms with van der Waals surface area (Å²) in [5.41, 5.74) is 16.0. The Kier molecular flexibility index (Phi) is 6.83. The molecule has 0 aliphatic heterocycles. The summed E-state index contributed by atoms with van der Waals surface area (Å²) in [7, 11) is 0. The van der Waals surface area contributed by atoms with E-state index < -0.39 is 5.41 Å². The quantitative estimate of drug-likeness (QED) is 0.175. The van der Waals surface area contributed by atoms with Crippen molar-refractivity contribution in [2.24, 2.45) is 0 Å². The number of para-hydroxylation sites is 5. The predicted octanol–water partition coefficient (Wildman–Crippen LogP) is 15.4. The Morgan fingerprint density at radius 2 is 0.967 bits per heavy atom. The predicted molar refractivity (Wildman–Crippen MR) is 247 cm³/mol. The van der Waals surface area contributed by atoms with Gasteiger partial charge in [0.2, 0.25) is 0 Å². The van der Waals surface area contributed by atoms with Crippen molar-refractivity contribution in [2.45, 2.75) is 12.3 Å². The number of fused-ring (bicyclic) bond motifs is 12. The van der Waals surface area contributed by atoms with Crippen LogP contribution in [0.3, 0.4) is 0 Å². The van der Waals surface area contributed by atoms with Crippen LogP contribution in [0.5, 0.6) is 0 Å². The average Bonchev–Trinajstić information content (AvgIpc) is 4.04. The molecule has 0 saturated carbocycles. The van der Waals surface area contributed by atoms with Gasteiger partial charge in [0, 0.05) is 49.1 Å². The van der Waals surface area contributed by atoms with E-state index in [2.05, 4.69) is 198 Å². The summed E-state index contributed by atoms with van der Waals surface area (Å²) < 4.78 is 15.5. The van der Waals surface area contributed by atoms with Crippen molar-refractivity contribution >= 4 is 82.7 Å². The third-order valence-electron chi connectivity index (χ3n) is 13.1. The minimum Gasteiger partial charge on any atom is -0.456 e. The van der Waals surface area contributed by atoms with E-state index in [1.807, 2.05) is 18.2 Å². The van der Waals surface area contributed by atoms with E-state index in [9.17, 15) is 0 Å². The van der Waals surface area contributed by atoms with E-state index in [0.717, 1.165) is 77.7 Å². The molecule has 4 nitrogen and oxygen atoms in total. The lowest BCUT2D eigenvalue weighted by atomic mass is 9.73. The Morgan fingerprint density at radius 1 is 0.400 bits per heavy atom. The molecule has 3 heterocycles. The van der Waals surface area contributed by atoms with Crippen molar-refractivity contribution in [1.29, 1.82) is 0 Å². The highest BCUT2D eigenvalue weighted by Gasteiger charge is 2.42. The summed E-state index contributed by atoms with van der Waals surface area (Å²) >= 11 is 0. The van der Waals surface area contributed by atoms with Gasteiger partial charge in [-0.05, 0) is 101 Å². The van der Waals surface area contributed by atoms with Gasteiger partial charge >= 0.3 is 0 Å². The maximum absolute atomic E-state index is 6.84. The lowest BCUT2D eigenvalue weighted by molar-refractivity contribution is 0.668. The number of benzene rings is 9. The lowest BCUT2D eigenvalue weighted by Crippen LogP contribution is -2.26. The Bertz CT molecular complexity index is 3670. The molecule has 0 fully saturated rings. The molecule has 0 saturated heterocycles. The van der Waals surface area contributed by atoms with Gasteiger partial charge < -0.3 is 18.3 Å². The maximum Gasteiger partial charge on any atom is 0.159 e. The molecule has 0 bridgehead atoms. The van der Waals surface area contributed by atoms with E-state index in [1.54, 1.807) is 0 Å². The smallest absolute Gasteiger partial charge is 0.159 e. The van der Waals surface area contributed by atoms with E-state index in [0.29, 0.717) is 0 Å². The van der Waals surface area contributed by atoms with Crippen LogP contribution in [0.15, 0.2) is 209 Å². The number of rotatable bonds is 5. The summed E-state index contributed by atoms with van der Waals surface area (Å²) in [6.45, 7) is 2.40. The largest absolute Gasteiger partial charge is 0.456 e. The minimum atomic E-state index is -0.431. The number of hydrogen-bond acceptors (Lipinski definition) is 3. The molecule has 0 radical (unpaired) electrons. The van der Waals surface area contributed by atoms with E-state index in [1.165, 1.54) is 38.6 Å². The topological polar surface area (TPSA) is 34.5 Å². The zero-order chi connectivity index (χ0) is 39.5. The van der Waals surface area contributed by atoms with Crippen molar-refractivity contribution in [3.63, 3.8) is 0 Å². The second kappa shape index (κ2) is 12.3. The van der Waals surface area contributed by atoms with Gasteiger partial charge in [0.1, 0.15) is 16.7 Å². The average molecular weight is 769 g/mol. The Labute approximate surface area is 345 Å². The Morgan fingerprint density at radius 3 is 1.75 bits per heavy atom. The van der Waals surface area contributed by atoms with Crippen LogP contribution in [-0.2, 0) is 5.41 Å². The first-order chi connectivity index (χ1) is 29.6. The van der Waals surface area contributed by atoms with Crippen LogP contribution in [-0.4, -0.2) is 4.57 Å². The Hall–Kier alpha value is -7.82. The van der Waals surface area contributed by atoms with Crippen molar-refractivity contribution in [3.8, 4) is 16.8 Å². The third kappa shape index (κ3) is 4.50. The molecular formula is C56H36N2O2. The van der Waals surface area contributed by atoms with E-state index in [-0.39, 0.29) is 0 Å². The van der Waals surface area contributed by atoms with Gasteiger partial charge in [0.25, 0.3) is 0 Å². The third-order valence-corrected chi connectivity index (χ3v) is 13.1. The molecule has 13 rings (SSSR count). The molecule has 282 valence electrons. The van der Waals surface area contributed by atoms with Crippen molar-refractivity contribution in [1.82, 2.24) is 4.57 Å². The molecule has 0 atom stereocenters. The first-order valence-electron chi connectivity index (χ1n) is 20.6. The minimum absolute atomic E-state index is 0.431. The molecule has 3 aromatic heterocycles.